The SMILES string of the molecule is Cc1csc2c(N(C)CC3CC(Br)C3)ncnc12. The van der Waals surface area contributed by atoms with Gasteiger partial charge in [-0.3, -0.25) is 0 Å². The Labute approximate surface area is 119 Å². The van der Waals surface area contributed by atoms with Crippen molar-refractivity contribution in [1.29, 1.82) is 0 Å². The molecule has 0 aliphatic heterocycles. The number of rotatable bonds is 3. The Bertz CT molecular complexity index is 562. The lowest BCUT2D eigenvalue weighted by Gasteiger charge is -2.34. The minimum absolute atomic E-state index is 0.727. The smallest absolute Gasteiger partial charge is 0.149 e. The van der Waals surface area contributed by atoms with Gasteiger partial charge >= 0.3 is 0 Å². The monoisotopic (exact) mass is 325 g/mol. The third-order valence-electron chi connectivity index (χ3n) is 3.58. The van der Waals surface area contributed by atoms with Crippen LogP contribution in [0.4, 0.5) is 5.82 Å². The minimum atomic E-state index is 0.727. The number of aromatic nitrogens is 2. The Morgan fingerprint density at radius 2 is 2.22 bits per heavy atom. The highest BCUT2D eigenvalue weighted by atomic mass is 79.9. The van der Waals surface area contributed by atoms with E-state index in [1.54, 1.807) is 17.7 Å². The summed E-state index contributed by atoms with van der Waals surface area (Å²) in [5, 5.41) is 2.16. The molecule has 0 bridgehead atoms. The maximum atomic E-state index is 4.46. The van der Waals surface area contributed by atoms with Crippen LogP contribution in [0.5, 0.6) is 0 Å². The number of nitrogens with zero attached hydrogens (tertiary/aromatic N) is 3. The normalized spacial score (nSPS) is 23.1. The summed E-state index contributed by atoms with van der Waals surface area (Å²) in [4.78, 5) is 11.8. The topological polar surface area (TPSA) is 29.0 Å². The van der Waals surface area contributed by atoms with E-state index in [2.05, 4.69) is 50.1 Å². The summed E-state index contributed by atoms with van der Waals surface area (Å²) >= 11 is 5.39. The molecule has 0 aromatic carbocycles. The molecule has 1 aliphatic carbocycles. The van der Waals surface area contributed by atoms with Crippen molar-refractivity contribution in [2.24, 2.45) is 5.92 Å². The third-order valence-corrected chi connectivity index (χ3v) is 5.41. The van der Waals surface area contributed by atoms with Gasteiger partial charge in [0.2, 0.25) is 0 Å². The predicted molar refractivity (Wildman–Crippen MR) is 80.9 cm³/mol. The van der Waals surface area contributed by atoms with Crippen LogP contribution < -0.4 is 4.90 Å². The zero-order valence-electron chi connectivity index (χ0n) is 10.6. The average molecular weight is 326 g/mol. The number of aryl methyl sites for hydroxylation is 1. The highest BCUT2D eigenvalue weighted by Crippen LogP contribution is 2.36. The molecule has 0 unspecified atom stereocenters. The number of halogens is 1. The Morgan fingerprint density at radius 3 is 2.94 bits per heavy atom. The van der Waals surface area contributed by atoms with Crippen LogP contribution in [0.1, 0.15) is 18.4 Å². The predicted octanol–water partition coefficient (Wildman–Crippen LogP) is 3.61. The quantitative estimate of drug-likeness (QED) is 0.807. The van der Waals surface area contributed by atoms with Crippen molar-refractivity contribution in [1.82, 2.24) is 9.97 Å². The molecule has 2 aromatic heterocycles. The standard InChI is InChI=1S/C13H16BrN3S/c1-8-6-18-12-11(8)15-7-16-13(12)17(2)5-9-3-10(14)4-9/h6-7,9-10H,3-5H2,1-2H3. The molecule has 5 heteroatoms. The fraction of sp³-hybridized carbons (Fsp3) is 0.538. The molecule has 0 atom stereocenters. The molecule has 0 saturated heterocycles. The molecule has 0 spiro atoms. The van der Waals surface area contributed by atoms with Gasteiger partial charge in [-0.1, -0.05) is 15.9 Å². The Balaban J connectivity index is 1.84. The van der Waals surface area contributed by atoms with Crippen LogP contribution in [-0.4, -0.2) is 28.4 Å². The van der Waals surface area contributed by atoms with Crippen LogP contribution in [0, 0.1) is 12.8 Å². The van der Waals surface area contributed by atoms with E-state index in [4.69, 9.17) is 0 Å². The number of anilines is 1. The second-order valence-electron chi connectivity index (χ2n) is 5.11. The van der Waals surface area contributed by atoms with E-state index in [0.29, 0.717) is 0 Å². The van der Waals surface area contributed by atoms with Crippen molar-refractivity contribution in [3.8, 4) is 0 Å². The maximum absolute atomic E-state index is 4.46. The minimum Gasteiger partial charge on any atom is -0.358 e. The molecule has 0 radical (unpaired) electrons. The average Bonchev–Trinajstić information content (AvgIpc) is 2.69. The number of alkyl halides is 1. The van der Waals surface area contributed by atoms with E-state index in [1.807, 2.05) is 0 Å². The summed E-state index contributed by atoms with van der Waals surface area (Å²) < 4.78 is 1.22. The van der Waals surface area contributed by atoms with E-state index in [0.717, 1.165) is 28.6 Å². The molecule has 96 valence electrons. The fourth-order valence-corrected chi connectivity index (χ4v) is 4.61. The highest BCUT2D eigenvalue weighted by Gasteiger charge is 2.28. The van der Waals surface area contributed by atoms with E-state index in [9.17, 15) is 0 Å². The van der Waals surface area contributed by atoms with Gasteiger partial charge in [0.1, 0.15) is 12.1 Å². The van der Waals surface area contributed by atoms with Gasteiger partial charge in [-0.15, -0.1) is 11.3 Å². The van der Waals surface area contributed by atoms with Crippen molar-refractivity contribution >= 4 is 43.3 Å². The van der Waals surface area contributed by atoms with Gasteiger partial charge in [0, 0.05) is 18.4 Å². The Morgan fingerprint density at radius 1 is 1.44 bits per heavy atom. The van der Waals surface area contributed by atoms with Crippen molar-refractivity contribution in [3.63, 3.8) is 0 Å². The summed E-state index contributed by atoms with van der Waals surface area (Å²) in [6.45, 7) is 3.20. The van der Waals surface area contributed by atoms with Crippen molar-refractivity contribution < 1.29 is 0 Å². The number of hydrogen-bond acceptors (Lipinski definition) is 4. The molecule has 1 aliphatic rings. The molecule has 3 rings (SSSR count). The summed E-state index contributed by atoms with van der Waals surface area (Å²) in [5.74, 6) is 1.88. The highest BCUT2D eigenvalue weighted by molar-refractivity contribution is 9.09. The lowest BCUT2D eigenvalue weighted by Crippen LogP contribution is -2.35. The number of hydrogen-bond donors (Lipinski definition) is 0. The van der Waals surface area contributed by atoms with Gasteiger partial charge in [0.15, 0.2) is 0 Å². The molecular weight excluding hydrogens is 310 g/mol. The third kappa shape index (κ3) is 2.14. The van der Waals surface area contributed by atoms with Crippen molar-refractivity contribution in [3.05, 3.63) is 17.3 Å². The molecule has 0 N–H and O–H groups in total. The molecule has 3 nitrogen and oxygen atoms in total. The molecular formula is C13H16BrN3S. The first-order valence-electron chi connectivity index (χ1n) is 6.19. The number of thiophene rings is 1. The van der Waals surface area contributed by atoms with E-state index >= 15 is 0 Å². The summed E-state index contributed by atoms with van der Waals surface area (Å²) in [6.07, 6.45) is 4.24. The van der Waals surface area contributed by atoms with Gasteiger partial charge in [-0.2, -0.15) is 0 Å². The van der Waals surface area contributed by atoms with E-state index in [1.165, 1.54) is 23.1 Å². The van der Waals surface area contributed by atoms with Crippen LogP contribution in [0.3, 0.4) is 0 Å². The van der Waals surface area contributed by atoms with Crippen LogP contribution in [0.25, 0.3) is 10.2 Å². The fourth-order valence-electron chi connectivity index (χ4n) is 2.51. The first kappa shape index (κ1) is 12.4. The van der Waals surface area contributed by atoms with Gasteiger partial charge in [-0.25, -0.2) is 9.97 Å². The van der Waals surface area contributed by atoms with E-state index < -0.39 is 0 Å². The van der Waals surface area contributed by atoms with E-state index in [-0.39, 0.29) is 0 Å². The molecule has 2 heterocycles. The van der Waals surface area contributed by atoms with Gasteiger partial charge in [-0.05, 0) is 36.6 Å². The van der Waals surface area contributed by atoms with Crippen LogP contribution in [-0.2, 0) is 0 Å². The second-order valence-corrected chi connectivity index (χ2v) is 7.28. The van der Waals surface area contributed by atoms with Crippen LogP contribution in [0.2, 0.25) is 0 Å². The maximum Gasteiger partial charge on any atom is 0.149 e. The first-order valence-corrected chi connectivity index (χ1v) is 7.98. The summed E-state index contributed by atoms with van der Waals surface area (Å²) in [7, 11) is 2.14. The van der Waals surface area contributed by atoms with Crippen LogP contribution >= 0.6 is 27.3 Å². The largest absolute Gasteiger partial charge is 0.358 e. The zero-order valence-corrected chi connectivity index (χ0v) is 13.0. The lowest BCUT2D eigenvalue weighted by molar-refractivity contribution is 0.339. The second kappa shape index (κ2) is 4.78. The summed E-state index contributed by atoms with van der Waals surface area (Å²) in [6, 6.07) is 0. The molecule has 1 fully saturated rings. The van der Waals surface area contributed by atoms with Crippen LogP contribution in [0.15, 0.2) is 11.7 Å². The van der Waals surface area contributed by atoms with Gasteiger partial charge in [0.25, 0.3) is 0 Å². The summed E-state index contributed by atoms with van der Waals surface area (Å²) in [5.41, 5.74) is 2.35. The van der Waals surface area contributed by atoms with Crippen molar-refractivity contribution in [2.45, 2.75) is 24.6 Å². The molecule has 18 heavy (non-hydrogen) atoms. The first-order chi connectivity index (χ1) is 8.65. The molecule has 1 saturated carbocycles. The lowest BCUT2D eigenvalue weighted by atomic mass is 9.85. The molecule has 2 aromatic rings. The Kier molecular flexibility index (Phi) is 3.28. The van der Waals surface area contributed by atoms with Gasteiger partial charge in [0.05, 0.1) is 10.2 Å². The van der Waals surface area contributed by atoms with Crippen molar-refractivity contribution in [2.75, 3.05) is 18.5 Å². The van der Waals surface area contributed by atoms with Gasteiger partial charge < -0.3 is 4.90 Å². The Hall–Kier alpha value is -0.680. The number of fused-ring (bicyclic) bond motifs is 1. The molecule has 0 amide bonds. The zero-order chi connectivity index (χ0) is 12.7.